The zero-order valence-electron chi connectivity index (χ0n) is 10.8. The Morgan fingerprint density at radius 3 is 3.00 bits per heavy atom. The summed E-state index contributed by atoms with van der Waals surface area (Å²) in [4.78, 5) is 20.5. The molecule has 6 heteroatoms. The number of anilines is 2. The molecule has 3 rings (SSSR count). The van der Waals surface area contributed by atoms with Crippen molar-refractivity contribution in [2.45, 2.75) is 6.92 Å². The molecule has 0 aliphatic carbocycles. The number of carbonyl (C=O) groups is 1. The Hall–Kier alpha value is -2.47. The molecular weight excluding hydrogens is 272 g/mol. The second kappa shape index (κ2) is 4.90. The first-order valence-electron chi connectivity index (χ1n) is 6.00. The van der Waals surface area contributed by atoms with Crippen molar-refractivity contribution in [2.24, 2.45) is 0 Å². The molecule has 0 saturated heterocycles. The number of rotatable bonds is 2. The summed E-state index contributed by atoms with van der Waals surface area (Å²) in [5, 5.41) is 2.85. The lowest BCUT2D eigenvalue weighted by atomic mass is 10.1. The molecule has 3 N–H and O–H groups in total. The fraction of sp³-hybridized carbons (Fsp3) is 0.0714. The first kappa shape index (κ1) is 12.6. The van der Waals surface area contributed by atoms with Crippen molar-refractivity contribution < 1.29 is 4.79 Å². The fourth-order valence-electron chi connectivity index (χ4n) is 1.91. The minimum Gasteiger partial charge on any atom is -0.397 e. The second-order valence-electron chi connectivity index (χ2n) is 4.39. The Kier molecular flexibility index (Phi) is 3.08. The van der Waals surface area contributed by atoms with Crippen LogP contribution in [-0.2, 0) is 0 Å². The van der Waals surface area contributed by atoms with Gasteiger partial charge in [0.25, 0.3) is 5.91 Å². The third-order valence-corrected chi connectivity index (χ3v) is 3.73. The van der Waals surface area contributed by atoms with Crippen molar-refractivity contribution >= 4 is 38.8 Å². The van der Waals surface area contributed by atoms with Crippen LogP contribution in [0.15, 0.2) is 36.0 Å². The van der Waals surface area contributed by atoms with Gasteiger partial charge in [-0.05, 0) is 31.2 Å². The zero-order chi connectivity index (χ0) is 14.1. The number of hydrogen-bond acceptors (Lipinski definition) is 5. The van der Waals surface area contributed by atoms with Crippen LogP contribution in [0.1, 0.15) is 16.1 Å². The van der Waals surface area contributed by atoms with Gasteiger partial charge in [-0.3, -0.25) is 9.78 Å². The maximum Gasteiger partial charge on any atom is 0.257 e. The van der Waals surface area contributed by atoms with Gasteiger partial charge in [0.05, 0.1) is 38.9 Å². The summed E-state index contributed by atoms with van der Waals surface area (Å²) in [6.07, 6.45) is 1.54. The number of pyridine rings is 1. The van der Waals surface area contributed by atoms with Gasteiger partial charge in [0.1, 0.15) is 0 Å². The van der Waals surface area contributed by atoms with E-state index in [-0.39, 0.29) is 5.91 Å². The van der Waals surface area contributed by atoms with E-state index in [1.165, 1.54) is 17.5 Å². The van der Waals surface area contributed by atoms with Crippen molar-refractivity contribution in [3.63, 3.8) is 0 Å². The van der Waals surface area contributed by atoms with Crippen molar-refractivity contribution in [1.82, 2.24) is 9.97 Å². The lowest BCUT2D eigenvalue weighted by Crippen LogP contribution is -2.14. The third-order valence-electron chi connectivity index (χ3n) is 2.94. The molecule has 0 fully saturated rings. The monoisotopic (exact) mass is 284 g/mol. The Morgan fingerprint density at radius 2 is 2.15 bits per heavy atom. The minimum absolute atomic E-state index is 0.217. The molecule has 2 heterocycles. The van der Waals surface area contributed by atoms with Gasteiger partial charge >= 0.3 is 0 Å². The van der Waals surface area contributed by atoms with Crippen LogP contribution in [0.4, 0.5) is 11.4 Å². The highest BCUT2D eigenvalue weighted by Gasteiger charge is 2.11. The number of nitrogens with two attached hydrogens (primary N) is 1. The van der Waals surface area contributed by atoms with Crippen LogP contribution in [0, 0.1) is 6.92 Å². The number of amides is 1. The number of aromatic nitrogens is 2. The summed E-state index contributed by atoms with van der Waals surface area (Å²) < 4.78 is 1.03. The number of aryl methyl sites for hydroxylation is 1. The number of nitrogens with zero attached hydrogens (tertiary/aromatic N) is 2. The number of thiazole rings is 1. The predicted octanol–water partition coefficient (Wildman–Crippen LogP) is 2.83. The molecule has 0 aliphatic heterocycles. The van der Waals surface area contributed by atoms with Gasteiger partial charge in [-0.15, -0.1) is 11.3 Å². The lowest BCUT2D eigenvalue weighted by Gasteiger charge is -2.08. The number of fused-ring (bicyclic) bond motifs is 1. The first-order valence-corrected chi connectivity index (χ1v) is 6.88. The summed E-state index contributed by atoms with van der Waals surface area (Å²) in [7, 11) is 0. The zero-order valence-corrected chi connectivity index (χ0v) is 11.6. The van der Waals surface area contributed by atoms with Crippen LogP contribution in [0.2, 0.25) is 0 Å². The van der Waals surface area contributed by atoms with Gasteiger partial charge in [0, 0.05) is 5.69 Å². The first-order chi connectivity index (χ1) is 9.63. The highest BCUT2D eigenvalue weighted by molar-refractivity contribution is 7.16. The maximum absolute atomic E-state index is 12.2. The van der Waals surface area contributed by atoms with Crippen LogP contribution in [0.5, 0.6) is 0 Å². The van der Waals surface area contributed by atoms with E-state index in [0.29, 0.717) is 16.9 Å². The van der Waals surface area contributed by atoms with Crippen molar-refractivity contribution in [2.75, 3.05) is 11.1 Å². The fourth-order valence-corrected chi connectivity index (χ4v) is 2.63. The van der Waals surface area contributed by atoms with Gasteiger partial charge in [-0.25, -0.2) is 4.98 Å². The molecule has 1 aromatic carbocycles. The topological polar surface area (TPSA) is 80.9 Å². The molecule has 0 spiro atoms. The molecule has 2 aromatic heterocycles. The maximum atomic E-state index is 12.2. The summed E-state index contributed by atoms with van der Waals surface area (Å²) in [5.74, 6) is -0.217. The van der Waals surface area contributed by atoms with E-state index >= 15 is 0 Å². The number of nitrogen functional groups attached to an aromatic ring is 1. The summed E-state index contributed by atoms with van der Waals surface area (Å²) in [6.45, 7) is 1.78. The Balaban J connectivity index is 1.89. The minimum atomic E-state index is -0.217. The number of carbonyl (C=O) groups excluding carboxylic acids is 1. The van der Waals surface area contributed by atoms with E-state index in [2.05, 4.69) is 15.3 Å². The number of nitrogens with one attached hydrogen (secondary N) is 1. The molecule has 1 amide bonds. The molecule has 0 unspecified atom stereocenters. The van der Waals surface area contributed by atoms with Crippen molar-refractivity contribution in [3.05, 3.63) is 47.2 Å². The Labute approximate surface area is 119 Å². The lowest BCUT2D eigenvalue weighted by molar-refractivity contribution is 0.102. The van der Waals surface area contributed by atoms with Crippen LogP contribution < -0.4 is 11.1 Å². The van der Waals surface area contributed by atoms with E-state index in [4.69, 9.17) is 5.73 Å². The summed E-state index contributed by atoms with van der Waals surface area (Å²) in [5.41, 5.74) is 10.7. The molecule has 20 heavy (non-hydrogen) atoms. The van der Waals surface area contributed by atoms with Gasteiger partial charge in [0.15, 0.2) is 0 Å². The highest BCUT2D eigenvalue weighted by atomic mass is 32.1. The molecule has 0 atom stereocenters. The van der Waals surface area contributed by atoms with E-state index in [1.807, 2.05) is 18.2 Å². The Morgan fingerprint density at radius 1 is 1.30 bits per heavy atom. The van der Waals surface area contributed by atoms with E-state index < -0.39 is 0 Å². The van der Waals surface area contributed by atoms with Crippen LogP contribution >= 0.6 is 11.3 Å². The second-order valence-corrected chi connectivity index (χ2v) is 5.28. The molecule has 0 bridgehead atoms. The average molecular weight is 284 g/mol. The third kappa shape index (κ3) is 2.33. The van der Waals surface area contributed by atoms with Crippen molar-refractivity contribution in [3.8, 4) is 0 Å². The molecule has 100 valence electrons. The standard InChI is InChI=1S/C14H12N4OS/c1-8-11(4-9(15)6-16-8)14(19)18-10-2-3-12-13(5-10)20-7-17-12/h2-7H,15H2,1H3,(H,18,19). The van der Waals surface area contributed by atoms with Gasteiger partial charge < -0.3 is 11.1 Å². The predicted molar refractivity (Wildman–Crippen MR) is 81.0 cm³/mol. The quantitative estimate of drug-likeness (QED) is 0.758. The summed E-state index contributed by atoms with van der Waals surface area (Å²) in [6, 6.07) is 7.24. The van der Waals surface area contributed by atoms with Crippen molar-refractivity contribution in [1.29, 1.82) is 0 Å². The average Bonchev–Trinajstić information content (AvgIpc) is 2.89. The molecular formula is C14H12N4OS. The van der Waals surface area contributed by atoms with Crippen LogP contribution in [0.25, 0.3) is 10.2 Å². The molecule has 0 aliphatic rings. The van der Waals surface area contributed by atoms with E-state index in [1.54, 1.807) is 18.5 Å². The smallest absolute Gasteiger partial charge is 0.257 e. The van der Waals surface area contributed by atoms with Crippen LogP contribution in [0.3, 0.4) is 0 Å². The molecule has 0 radical (unpaired) electrons. The highest BCUT2D eigenvalue weighted by Crippen LogP contribution is 2.22. The van der Waals surface area contributed by atoms with E-state index in [0.717, 1.165) is 15.9 Å². The molecule has 5 nitrogen and oxygen atoms in total. The number of benzene rings is 1. The van der Waals surface area contributed by atoms with E-state index in [9.17, 15) is 4.79 Å². The normalized spacial score (nSPS) is 10.7. The Bertz CT molecular complexity index is 797. The number of hydrogen-bond donors (Lipinski definition) is 2. The molecule has 3 aromatic rings. The summed E-state index contributed by atoms with van der Waals surface area (Å²) >= 11 is 1.54. The van der Waals surface area contributed by atoms with Gasteiger partial charge in [0.2, 0.25) is 0 Å². The van der Waals surface area contributed by atoms with Gasteiger partial charge in [-0.2, -0.15) is 0 Å². The SMILES string of the molecule is Cc1ncc(N)cc1C(=O)Nc1ccc2ncsc2c1. The van der Waals surface area contributed by atoms with Crippen LogP contribution in [-0.4, -0.2) is 15.9 Å². The van der Waals surface area contributed by atoms with Gasteiger partial charge in [-0.1, -0.05) is 0 Å². The molecule has 0 saturated carbocycles. The largest absolute Gasteiger partial charge is 0.397 e.